The highest BCUT2D eigenvalue weighted by Crippen LogP contribution is 2.30. The summed E-state index contributed by atoms with van der Waals surface area (Å²) in [6.45, 7) is 0. The number of nitrogens with zero attached hydrogens (tertiary/aromatic N) is 2. The second-order valence-corrected chi connectivity index (χ2v) is 5.44. The molecule has 2 aromatic heterocycles. The van der Waals surface area contributed by atoms with E-state index in [1.807, 2.05) is 0 Å². The van der Waals surface area contributed by atoms with Crippen LogP contribution in [-0.2, 0) is 12.6 Å². The largest absolute Gasteiger partial charge is 0.416 e. The van der Waals surface area contributed by atoms with Crippen LogP contribution in [0.3, 0.4) is 0 Å². The summed E-state index contributed by atoms with van der Waals surface area (Å²) in [5.74, 6) is -0.134. The normalized spacial score (nSPS) is 11.3. The standard InChI is InChI=1S/C19H13F3N2O/c20-19(21,22)15-6-4-14(5-7-15)17-11-13(8-10-24-17)12-18(25)16-3-1-2-9-23-16/h1-11H,12H2. The first-order valence-electron chi connectivity index (χ1n) is 7.50. The van der Waals surface area contributed by atoms with Gasteiger partial charge in [-0.1, -0.05) is 18.2 Å². The Bertz CT molecular complexity index is 875. The monoisotopic (exact) mass is 342 g/mol. The van der Waals surface area contributed by atoms with Crippen LogP contribution in [0.25, 0.3) is 11.3 Å². The quantitative estimate of drug-likeness (QED) is 0.652. The predicted octanol–water partition coefficient (Wildman–Crippen LogP) is 4.59. The lowest BCUT2D eigenvalue weighted by molar-refractivity contribution is -0.137. The molecule has 0 saturated heterocycles. The van der Waals surface area contributed by atoms with Crippen molar-refractivity contribution in [3.05, 3.63) is 83.8 Å². The maximum absolute atomic E-state index is 12.6. The molecule has 1 aromatic carbocycles. The van der Waals surface area contributed by atoms with E-state index in [2.05, 4.69) is 9.97 Å². The number of alkyl halides is 3. The molecule has 0 bridgehead atoms. The number of rotatable bonds is 4. The van der Waals surface area contributed by atoms with Crippen LogP contribution in [0.5, 0.6) is 0 Å². The summed E-state index contributed by atoms with van der Waals surface area (Å²) >= 11 is 0. The third-order valence-corrected chi connectivity index (χ3v) is 3.65. The van der Waals surface area contributed by atoms with Gasteiger partial charge in [0.05, 0.1) is 11.3 Å². The van der Waals surface area contributed by atoms with Crippen LogP contribution in [0.1, 0.15) is 21.6 Å². The lowest BCUT2D eigenvalue weighted by Gasteiger charge is -2.08. The van der Waals surface area contributed by atoms with Crippen molar-refractivity contribution in [2.45, 2.75) is 12.6 Å². The number of benzene rings is 1. The van der Waals surface area contributed by atoms with Crippen LogP contribution in [-0.4, -0.2) is 15.8 Å². The summed E-state index contributed by atoms with van der Waals surface area (Å²) in [6, 6.07) is 13.3. The van der Waals surface area contributed by atoms with Gasteiger partial charge in [-0.05, 0) is 42.0 Å². The second kappa shape index (κ2) is 6.84. The van der Waals surface area contributed by atoms with Crippen LogP contribution in [0.2, 0.25) is 0 Å². The van der Waals surface area contributed by atoms with Gasteiger partial charge in [0.2, 0.25) is 0 Å². The fraction of sp³-hybridized carbons (Fsp3) is 0.105. The molecule has 0 radical (unpaired) electrons. The highest BCUT2D eigenvalue weighted by Gasteiger charge is 2.30. The molecule has 3 nitrogen and oxygen atoms in total. The molecule has 3 aromatic rings. The minimum absolute atomic E-state index is 0.134. The molecule has 0 atom stereocenters. The molecule has 0 aliphatic carbocycles. The van der Waals surface area contributed by atoms with E-state index in [0.29, 0.717) is 17.0 Å². The molecule has 0 spiro atoms. The SMILES string of the molecule is O=C(Cc1ccnc(-c2ccc(C(F)(F)F)cc2)c1)c1ccccn1. The number of hydrogen-bond acceptors (Lipinski definition) is 3. The van der Waals surface area contributed by atoms with Gasteiger partial charge < -0.3 is 0 Å². The lowest BCUT2D eigenvalue weighted by Crippen LogP contribution is -2.06. The van der Waals surface area contributed by atoms with Crippen LogP contribution in [0.15, 0.2) is 67.0 Å². The summed E-state index contributed by atoms with van der Waals surface area (Å²) in [5, 5.41) is 0. The van der Waals surface area contributed by atoms with E-state index in [4.69, 9.17) is 0 Å². The minimum atomic E-state index is -4.37. The van der Waals surface area contributed by atoms with E-state index in [-0.39, 0.29) is 12.2 Å². The molecule has 25 heavy (non-hydrogen) atoms. The van der Waals surface area contributed by atoms with Crippen molar-refractivity contribution in [3.8, 4) is 11.3 Å². The van der Waals surface area contributed by atoms with Crippen molar-refractivity contribution in [2.75, 3.05) is 0 Å². The summed E-state index contributed by atoms with van der Waals surface area (Å²) in [4.78, 5) is 20.4. The van der Waals surface area contributed by atoms with Crippen molar-refractivity contribution < 1.29 is 18.0 Å². The predicted molar refractivity (Wildman–Crippen MR) is 86.9 cm³/mol. The van der Waals surface area contributed by atoms with Crippen molar-refractivity contribution in [1.29, 1.82) is 0 Å². The molecule has 0 unspecified atom stereocenters. The highest BCUT2D eigenvalue weighted by molar-refractivity contribution is 5.95. The average molecular weight is 342 g/mol. The van der Waals surface area contributed by atoms with Crippen molar-refractivity contribution in [2.24, 2.45) is 0 Å². The Morgan fingerprint density at radius 3 is 2.32 bits per heavy atom. The van der Waals surface area contributed by atoms with E-state index in [9.17, 15) is 18.0 Å². The highest BCUT2D eigenvalue weighted by atomic mass is 19.4. The first kappa shape index (κ1) is 16.8. The first-order valence-corrected chi connectivity index (χ1v) is 7.50. The zero-order chi connectivity index (χ0) is 17.9. The number of carbonyl (C=O) groups is 1. The van der Waals surface area contributed by atoms with E-state index >= 15 is 0 Å². The Labute approximate surface area is 142 Å². The minimum Gasteiger partial charge on any atom is -0.292 e. The number of aromatic nitrogens is 2. The third-order valence-electron chi connectivity index (χ3n) is 3.65. The maximum Gasteiger partial charge on any atom is 0.416 e. The number of Topliss-reactive ketones (excluding diaryl/α,β-unsaturated/α-hetero) is 1. The summed E-state index contributed by atoms with van der Waals surface area (Å²) < 4.78 is 37.9. The van der Waals surface area contributed by atoms with Crippen molar-refractivity contribution >= 4 is 5.78 Å². The first-order chi connectivity index (χ1) is 11.9. The Hall–Kier alpha value is -3.02. The number of hydrogen-bond donors (Lipinski definition) is 0. The number of carbonyl (C=O) groups excluding carboxylic acids is 1. The zero-order valence-corrected chi connectivity index (χ0v) is 13.0. The van der Waals surface area contributed by atoms with Gasteiger partial charge in [0.25, 0.3) is 0 Å². The van der Waals surface area contributed by atoms with Crippen LogP contribution in [0, 0.1) is 0 Å². The molecule has 0 N–H and O–H groups in total. The molecule has 6 heteroatoms. The van der Waals surface area contributed by atoms with Crippen LogP contribution < -0.4 is 0 Å². The molecule has 0 aliphatic heterocycles. The summed E-state index contributed by atoms with van der Waals surface area (Å²) in [7, 11) is 0. The van der Waals surface area contributed by atoms with E-state index in [0.717, 1.165) is 17.7 Å². The van der Waals surface area contributed by atoms with E-state index in [1.54, 1.807) is 36.5 Å². The smallest absolute Gasteiger partial charge is 0.292 e. The molecule has 0 amide bonds. The van der Waals surface area contributed by atoms with E-state index in [1.165, 1.54) is 18.3 Å². The Morgan fingerprint density at radius 1 is 0.920 bits per heavy atom. The summed E-state index contributed by atoms with van der Waals surface area (Å²) in [5.41, 5.74) is 1.45. The molecule has 0 aliphatic rings. The van der Waals surface area contributed by atoms with Crippen LogP contribution >= 0.6 is 0 Å². The van der Waals surface area contributed by atoms with Crippen LogP contribution in [0.4, 0.5) is 13.2 Å². The van der Waals surface area contributed by atoms with Gasteiger partial charge in [-0.25, -0.2) is 0 Å². The number of halogens is 3. The Balaban J connectivity index is 1.81. The van der Waals surface area contributed by atoms with Gasteiger partial charge in [0.15, 0.2) is 5.78 Å². The zero-order valence-electron chi connectivity index (χ0n) is 13.0. The molecule has 2 heterocycles. The fourth-order valence-electron chi connectivity index (χ4n) is 2.38. The van der Waals surface area contributed by atoms with Crippen molar-refractivity contribution in [3.63, 3.8) is 0 Å². The van der Waals surface area contributed by atoms with E-state index < -0.39 is 11.7 Å². The molecule has 126 valence electrons. The topological polar surface area (TPSA) is 42.9 Å². The van der Waals surface area contributed by atoms with Gasteiger partial charge in [-0.15, -0.1) is 0 Å². The summed E-state index contributed by atoms with van der Waals surface area (Å²) in [6.07, 6.45) is -1.14. The third kappa shape index (κ3) is 4.09. The van der Waals surface area contributed by atoms with Gasteiger partial charge in [-0.2, -0.15) is 13.2 Å². The molecule has 0 saturated carbocycles. The van der Waals surface area contributed by atoms with Gasteiger partial charge >= 0.3 is 6.18 Å². The molecular weight excluding hydrogens is 329 g/mol. The van der Waals surface area contributed by atoms with Gasteiger partial charge in [0, 0.05) is 24.4 Å². The lowest BCUT2D eigenvalue weighted by atomic mass is 10.0. The Morgan fingerprint density at radius 2 is 1.68 bits per heavy atom. The van der Waals surface area contributed by atoms with Crippen molar-refractivity contribution in [1.82, 2.24) is 9.97 Å². The number of ketones is 1. The Kier molecular flexibility index (Phi) is 4.61. The maximum atomic E-state index is 12.6. The fourth-order valence-corrected chi connectivity index (χ4v) is 2.38. The molecule has 3 rings (SSSR count). The molecule has 0 fully saturated rings. The molecular formula is C19H13F3N2O. The van der Waals surface area contributed by atoms with Gasteiger partial charge in [-0.3, -0.25) is 14.8 Å². The number of pyridine rings is 2. The second-order valence-electron chi connectivity index (χ2n) is 5.44. The van der Waals surface area contributed by atoms with Gasteiger partial charge in [0.1, 0.15) is 5.69 Å². The average Bonchev–Trinajstić information content (AvgIpc) is 2.62.